The predicted octanol–water partition coefficient (Wildman–Crippen LogP) is 0.668. The number of nitrogens with one attached hydrogen (secondary N) is 3. The van der Waals surface area contributed by atoms with E-state index in [9.17, 15) is 19.2 Å². The number of benzene rings is 2. The van der Waals surface area contributed by atoms with E-state index in [-0.39, 0.29) is 53.7 Å². The molecular formula is C23H24N6O7. The Hall–Kier alpha value is -4.94. The lowest BCUT2D eigenvalue weighted by atomic mass is 10.0. The molecular weight excluding hydrogens is 472 g/mol. The van der Waals surface area contributed by atoms with Gasteiger partial charge in [-0.3, -0.25) is 19.8 Å². The smallest absolute Gasteiger partial charge is 0.372 e. The molecule has 0 aliphatic carbocycles. The Labute approximate surface area is 204 Å². The maximum Gasteiger partial charge on any atom is 0.372 e. The molecule has 0 fully saturated rings. The van der Waals surface area contributed by atoms with Crippen LogP contribution in [0.1, 0.15) is 34.3 Å². The molecule has 3 rings (SSSR count). The maximum atomic E-state index is 12.9. The Bertz CT molecular complexity index is 1350. The zero-order valence-corrected chi connectivity index (χ0v) is 18.9. The highest BCUT2D eigenvalue weighted by Crippen LogP contribution is 2.22. The van der Waals surface area contributed by atoms with Crippen LogP contribution in [0.2, 0.25) is 0 Å². The highest BCUT2D eigenvalue weighted by molar-refractivity contribution is 6.33. The number of ether oxygens (including phenoxy) is 1. The van der Waals surface area contributed by atoms with Crippen molar-refractivity contribution in [1.29, 1.82) is 5.41 Å². The summed E-state index contributed by atoms with van der Waals surface area (Å²) in [6, 6.07) is 8.18. The number of nitrogen functional groups attached to an aromatic ring is 2. The molecule has 0 aliphatic heterocycles. The summed E-state index contributed by atoms with van der Waals surface area (Å²) in [5.74, 6) is -4.25. The highest BCUT2D eigenvalue weighted by atomic mass is 16.5. The summed E-state index contributed by atoms with van der Waals surface area (Å²) < 4.78 is 5.78. The number of nitrogens with zero attached hydrogens (tertiary/aromatic N) is 1. The third kappa shape index (κ3) is 6.56. The van der Waals surface area contributed by atoms with E-state index in [4.69, 9.17) is 31.8 Å². The first-order valence-corrected chi connectivity index (χ1v) is 10.7. The van der Waals surface area contributed by atoms with Gasteiger partial charge in [-0.2, -0.15) is 0 Å². The minimum Gasteiger partial charge on any atom is -0.491 e. The second kappa shape index (κ2) is 11.0. The van der Waals surface area contributed by atoms with Gasteiger partial charge < -0.3 is 36.7 Å². The zero-order valence-electron chi connectivity index (χ0n) is 18.9. The van der Waals surface area contributed by atoms with Crippen molar-refractivity contribution in [2.75, 3.05) is 12.3 Å². The molecule has 0 saturated heterocycles. The molecule has 0 saturated carbocycles. The Kier molecular flexibility index (Phi) is 7.84. The minimum atomic E-state index is -1.61. The first-order valence-electron chi connectivity index (χ1n) is 10.7. The molecule has 0 aliphatic rings. The minimum absolute atomic E-state index is 0.0239. The Morgan fingerprint density at radius 2 is 1.83 bits per heavy atom. The number of nitrogens with two attached hydrogens (primary N) is 2. The van der Waals surface area contributed by atoms with Gasteiger partial charge >= 0.3 is 11.9 Å². The number of carboxylic acid groups (broad SMARTS) is 2. The summed E-state index contributed by atoms with van der Waals surface area (Å²) in [5, 5.41) is 28.4. The number of ketones is 1. The van der Waals surface area contributed by atoms with E-state index in [1.54, 1.807) is 18.2 Å². The number of fused-ring (bicyclic) bond motifs is 1. The van der Waals surface area contributed by atoms with Crippen LogP contribution in [-0.2, 0) is 20.8 Å². The van der Waals surface area contributed by atoms with Crippen molar-refractivity contribution in [2.45, 2.75) is 25.3 Å². The van der Waals surface area contributed by atoms with Crippen molar-refractivity contribution in [3.05, 3.63) is 53.1 Å². The Balaban J connectivity index is 1.80. The third-order valence-electron chi connectivity index (χ3n) is 5.21. The Morgan fingerprint density at radius 1 is 1.11 bits per heavy atom. The van der Waals surface area contributed by atoms with Crippen molar-refractivity contribution >= 4 is 46.4 Å². The van der Waals surface area contributed by atoms with E-state index in [0.29, 0.717) is 11.0 Å². The normalized spacial score (nSPS) is 11.6. The van der Waals surface area contributed by atoms with Gasteiger partial charge in [-0.25, -0.2) is 9.78 Å². The molecule has 9 N–H and O–H groups in total. The van der Waals surface area contributed by atoms with Gasteiger partial charge in [0.15, 0.2) is 5.95 Å². The molecule has 36 heavy (non-hydrogen) atoms. The van der Waals surface area contributed by atoms with Gasteiger partial charge in [0.25, 0.3) is 5.91 Å². The van der Waals surface area contributed by atoms with Crippen molar-refractivity contribution in [3.8, 4) is 5.75 Å². The number of carboxylic acids is 2. The number of imidazole rings is 1. The largest absolute Gasteiger partial charge is 0.491 e. The lowest BCUT2D eigenvalue weighted by Gasteiger charge is -2.20. The average Bonchev–Trinajstić information content (AvgIpc) is 3.20. The number of aromatic amines is 1. The van der Waals surface area contributed by atoms with Gasteiger partial charge in [-0.05, 0) is 30.7 Å². The zero-order chi connectivity index (χ0) is 26.4. The van der Waals surface area contributed by atoms with Crippen LogP contribution in [0.4, 0.5) is 5.95 Å². The monoisotopic (exact) mass is 496 g/mol. The van der Waals surface area contributed by atoms with Gasteiger partial charge in [0.05, 0.1) is 17.1 Å². The van der Waals surface area contributed by atoms with E-state index in [1.165, 1.54) is 18.2 Å². The number of hydrogen-bond donors (Lipinski definition) is 7. The highest BCUT2D eigenvalue weighted by Gasteiger charge is 2.20. The van der Waals surface area contributed by atoms with Crippen LogP contribution in [0, 0.1) is 5.41 Å². The topological polar surface area (TPSA) is 235 Å². The molecule has 1 aromatic heterocycles. The van der Waals surface area contributed by atoms with E-state index >= 15 is 0 Å². The van der Waals surface area contributed by atoms with E-state index in [0.717, 1.165) is 0 Å². The molecule has 13 heteroatoms. The SMILES string of the molecule is N=C(N)c1ccc(CC(=O)C(=O)O)c(OCC(CCC(=O)O)NC(=O)c2ccc3nc(N)[nH]c3c2)c1. The first kappa shape index (κ1) is 25.7. The number of amidine groups is 1. The summed E-state index contributed by atoms with van der Waals surface area (Å²) in [6.07, 6.45) is -0.708. The molecule has 3 aromatic rings. The summed E-state index contributed by atoms with van der Waals surface area (Å²) >= 11 is 0. The van der Waals surface area contributed by atoms with Gasteiger partial charge in [0.2, 0.25) is 5.78 Å². The molecule has 1 atom stereocenters. The number of aromatic nitrogens is 2. The van der Waals surface area contributed by atoms with E-state index in [1.807, 2.05) is 0 Å². The molecule has 1 amide bonds. The van der Waals surface area contributed by atoms with Gasteiger partial charge in [-0.1, -0.05) is 12.1 Å². The molecule has 1 heterocycles. The lowest BCUT2D eigenvalue weighted by Crippen LogP contribution is -2.39. The van der Waals surface area contributed by atoms with Crippen LogP contribution in [-0.4, -0.2) is 62.3 Å². The molecule has 0 radical (unpaired) electrons. The van der Waals surface area contributed by atoms with Crippen molar-refractivity contribution in [2.24, 2.45) is 5.73 Å². The predicted molar refractivity (Wildman–Crippen MR) is 128 cm³/mol. The van der Waals surface area contributed by atoms with Crippen LogP contribution in [0.3, 0.4) is 0 Å². The van der Waals surface area contributed by atoms with E-state index < -0.39 is 36.1 Å². The van der Waals surface area contributed by atoms with Gasteiger partial charge in [0, 0.05) is 29.5 Å². The lowest BCUT2D eigenvalue weighted by molar-refractivity contribution is -0.148. The van der Waals surface area contributed by atoms with Crippen LogP contribution < -0.4 is 21.5 Å². The number of amides is 1. The quantitative estimate of drug-likeness (QED) is 0.105. The molecule has 188 valence electrons. The summed E-state index contributed by atoms with van der Waals surface area (Å²) in [6.45, 7) is -0.201. The number of rotatable bonds is 12. The van der Waals surface area contributed by atoms with Gasteiger partial charge in [0.1, 0.15) is 18.2 Å². The summed E-state index contributed by atoms with van der Waals surface area (Å²) in [4.78, 5) is 53.6. The molecule has 0 bridgehead atoms. The fourth-order valence-corrected chi connectivity index (χ4v) is 3.38. The first-order chi connectivity index (χ1) is 17.0. The number of H-pyrrole nitrogens is 1. The molecule has 1 unspecified atom stereocenters. The number of Topliss-reactive ketones (excluding diaryl/α,β-unsaturated/α-hetero) is 1. The van der Waals surface area contributed by atoms with Crippen molar-refractivity contribution < 1.29 is 34.1 Å². The second-order valence-electron chi connectivity index (χ2n) is 7.91. The molecule has 2 aromatic carbocycles. The van der Waals surface area contributed by atoms with Crippen LogP contribution in [0.15, 0.2) is 36.4 Å². The van der Waals surface area contributed by atoms with Gasteiger partial charge in [-0.15, -0.1) is 0 Å². The summed E-state index contributed by atoms with van der Waals surface area (Å²) in [7, 11) is 0. The van der Waals surface area contributed by atoms with Crippen LogP contribution in [0.5, 0.6) is 5.75 Å². The standard InChI is InChI=1S/C23H24N6O7/c24-20(25)12-2-1-11(8-17(30)22(34)35)18(9-12)36-10-14(4-6-19(31)32)27-21(33)13-3-5-15-16(7-13)29-23(26)28-15/h1-3,5,7,9,14H,4,6,8,10H2,(H3,24,25)(H,27,33)(H,31,32)(H,34,35)(H3,26,28,29). The van der Waals surface area contributed by atoms with Crippen molar-refractivity contribution in [1.82, 2.24) is 15.3 Å². The maximum absolute atomic E-state index is 12.9. The Morgan fingerprint density at radius 3 is 2.50 bits per heavy atom. The fourth-order valence-electron chi connectivity index (χ4n) is 3.38. The number of hydrogen-bond acceptors (Lipinski definition) is 8. The van der Waals surface area contributed by atoms with E-state index in [2.05, 4.69) is 15.3 Å². The second-order valence-corrected chi connectivity index (χ2v) is 7.91. The summed E-state index contributed by atoms with van der Waals surface area (Å²) in [5.41, 5.74) is 13.1. The van der Waals surface area contributed by atoms with Crippen LogP contribution in [0.25, 0.3) is 11.0 Å². The number of carbonyl (C=O) groups excluding carboxylic acids is 2. The van der Waals surface area contributed by atoms with Crippen molar-refractivity contribution in [3.63, 3.8) is 0 Å². The third-order valence-corrected chi connectivity index (χ3v) is 5.21. The molecule has 0 spiro atoms. The average molecular weight is 496 g/mol. The van der Waals surface area contributed by atoms with Crippen LogP contribution >= 0.6 is 0 Å². The fraction of sp³-hybridized carbons (Fsp3) is 0.217. The number of aliphatic carboxylic acids is 2. The molecule has 13 nitrogen and oxygen atoms in total. The number of carbonyl (C=O) groups is 4. The number of anilines is 1.